The van der Waals surface area contributed by atoms with Crippen LogP contribution in [0.4, 0.5) is 5.69 Å². The molecule has 21 heavy (non-hydrogen) atoms. The number of oxazole rings is 1. The molecule has 2 aromatic rings. The number of halogens is 1. The third-order valence-electron chi connectivity index (χ3n) is 2.88. The molecule has 2 rings (SSSR count). The highest BCUT2D eigenvalue weighted by Crippen LogP contribution is 2.19. The van der Waals surface area contributed by atoms with E-state index in [0.717, 1.165) is 15.7 Å². The van der Waals surface area contributed by atoms with Gasteiger partial charge >= 0.3 is 0 Å². The number of carbonyl (C=O) groups is 1. The molecule has 0 aliphatic rings. The summed E-state index contributed by atoms with van der Waals surface area (Å²) < 4.78 is 6.36. The number of anilines is 1. The van der Waals surface area contributed by atoms with Crippen molar-refractivity contribution in [2.24, 2.45) is 11.7 Å². The Kier molecular flexibility index (Phi) is 5.35. The van der Waals surface area contributed by atoms with Crippen LogP contribution in [0.3, 0.4) is 0 Å². The molecule has 1 atom stereocenters. The van der Waals surface area contributed by atoms with E-state index in [-0.39, 0.29) is 17.6 Å². The van der Waals surface area contributed by atoms with Crippen molar-refractivity contribution in [1.29, 1.82) is 0 Å². The summed E-state index contributed by atoms with van der Waals surface area (Å²) in [5.74, 6) is 0.538. The van der Waals surface area contributed by atoms with Gasteiger partial charge in [-0.25, -0.2) is 4.98 Å². The largest absolute Gasteiger partial charge is 0.446 e. The summed E-state index contributed by atoms with van der Waals surface area (Å²) in [4.78, 5) is 16.3. The zero-order valence-electron chi connectivity index (χ0n) is 12.0. The first-order valence-corrected chi connectivity index (χ1v) is 7.81. The number of nitrogens with one attached hydrogen (secondary N) is 1. The first kappa shape index (κ1) is 16.0. The molecule has 0 fully saturated rings. The fourth-order valence-corrected chi connectivity index (χ4v) is 2.48. The standard InChI is InChI=1S/C15H18IN3O2/c1-9(2)6-12(17)15-19-13(8-21-15)14(20)18-11-5-3-4-10(16)7-11/h3-5,7-9,12H,6,17H2,1-2H3,(H,18,20). The van der Waals surface area contributed by atoms with Crippen molar-refractivity contribution < 1.29 is 9.21 Å². The Labute approximate surface area is 137 Å². The highest BCUT2D eigenvalue weighted by molar-refractivity contribution is 14.1. The molecule has 112 valence electrons. The van der Waals surface area contributed by atoms with E-state index in [0.29, 0.717) is 11.8 Å². The third kappa shape index (κ3) is 4.53. The summed E-state index contributed by atoms with van der Waals surface area (Å²) in [5, 5.41) is 2.79. The van der Waals surface area contributed by atoms with E-state index >= 15 is 0 Å². The lowest BCUT2D eigenvalue weighted by Crippen LogP contribution is -2.15. The van der Waals surface area contributed by atoms with E-state index in [4.69, 9.17) is 10.2 Å². The van der Waals surface area contributed by atoms with Crippen LogP contribution in [0.1, 0.15) is 42.7 Å². The maximum atomic E-state index is 12.1. The summed E-state index contributed by atoms with van der Waals surface area (Å²) in [6.07, 6.45) is 2.11. The summed E-state index contributed by atoms with van der Waals surface area (Å²) in [5.41, 5.74) is 6.96. The summed E-state index contributed by atoms with van der Waals surface area (Å²) >= 11 is 2.19. The SMILES string of the molecule is CC(C)CC(N)c1nc(C(=O)Nc2cccc(I)c2)co1. The molecule has 1 heterocycles. The second-order valence-electron chi connectivity index (χ2n) is 5.27. The van der Waals surface area contributed by atoms with Gasteiger partial charge in [-0.2, -0.15) is 0 Å². The summed E-state index contributed by atoms with van der Waals surface area (Å²) in [7, 11) is 0. The molecule has 1 amide bonds. The van der Waals surface area contributed by atoms with Crippen molar-refractivity contribution in [3.63, 3.8) is 0 Å². The van der Waals surface area contributed by atoms with Gasteiger partial charge in [0.05, 0.1) is 6.04 Å². The molecule has 5 nitrogen and oxygen atoms in total. The molecule has 1 aromatic carbocycles. The number of aromatic nitrogens is 1. The van der Waals surface area contributed by atoms with Crippen LogP contribution >= 0.6 is 22.6 Å². The highest BCUT2D eigenvalue weighted by Gasteiger charge is 2.18. The number of nitrogens with two attached hydrogens (primary N) is 1. The number of hydrogen-bond donors (Lipinski definition) is 2. The molecule has 3 N–H and O–H groups in total. The van der Waals surface area contributed by atoms with Gasteiger partial charge in [0.1, 0.15) is 6.26 Å². The van der Waals surface area contributed by atoms with E-state index in [2.05, 4.69) is 46.7 Å². The van der Waals surface area contributed by atoms with E-state index in [1.165, 1.54) is 6.26 Å². The first-order valence-electron chi connectivity index (χ1n) is 6.73. The van der Waals surface area contributed by atoms with Crippen LogP contribution in [0.15, 0.2) is 34.9 Å². The Balaban J connectivity index is 2.05. The Hall–Kier alpha value is -1.41. The van der Waals surface area contributed by atoms with Gasteiger partial charge in [0.2, 0.25) is 5.89 Å². The molecule has 6 heteroatoms. The lowest BCUT2D eigenvalue weighted by atomic mass is 10.0. The maximum Gasteiger partial charge on any atom is 0.277 e. The number of benzene rings is 1. The Morgan fingerprint density at radius 1 is 1.48 bits per heavy atom. The predicted molar refractivity (Wildman–Crippen MR) is 90.0 cm³/mol. The minimum atomic E-state index is -0.302. The number of hydrogen-bond acceptors (Lipinski definition) is 4. The number of amides is 1. The average Bonchev–Trinajstić information content (AvgIpc) is 2.87. The van der Waals surface area contributed by atoms with Gasteiger partial charge in [0.25, 0.3) is 5.91 Å². The molecule has 0 aliphatic heterocycles. The fourth-order valence-electron chi connectivity index (χ4n) is 1.93. The lowest BCUT2D eigenvalue weighted by Gasteiger charge is -2.09. The smallest absolute Gasteiger partial charge is 0.277 e. The molecule has 0 aliphatic carbocycles. The Morgan fingerprint density at radius 3 is 2.90 bits per heavy atom. The maximum absolute atomic E-state index is 12.1. The van der Waals surface area contributed by atoms with Gasteiger partial charge in [-0.05, 0) is 53.1 Å². The van der Waals surface area contributed by atoms with Crippen LogP contribution in [0.5, 0.6) is 0 Å². The molecule has 0 bridgehead atoms. The quantitative estimate of drug-likeness (QED) is 0.754. The summed E-state index contributed by atoms with van der Waals surface area (Å²) in [6, 6.07) is 7.25. The minimum Gasteiger partial charge on any atom is -0.446 e. The number of rotatable bonds is 5. The van der Waals surface area contributed by atoms with Crippen molar-refractivity contribution in [3.05, 3.63) is 45.7 Å². The Bertz CT molecular complexity index is 625. The third-order valence-corrected chi connectivity index (χ3v) is 3.55. The Morgan fingerprint density at radius 2 is 2.24 bits per heavy atom. The minimum absolute atomic E-state index is 0.239. The van der Waals surface area contributed by atoms with Gasteiger partial charge in [0, 0.05) is 9.26 Å². The van der Waals surface area contributed by atoms with Crippen molar-refractivity contribution in [3.8, 4) is 0 Å². The zero-order valence-corrected chi connectivity index (χ0v) is 14.1. The predicted octanol–water partition coefficient (Wildman–Crippen LogP) is 3.58. The molecular weight excluding hydrogens is 381 g/mol. The molecule has 0 radical (unpaired) electrons. The molecule has 1 aromatic heterocycles. The number of carbonyl (C=O) groups excluding carboxylic acids is 1. The molecule has 0 spiro atoms. The van der Waals surface area contributed by atoms with Gasteiger partial charge in [-0.15, -0.1) is 0 Å². The molecule has 0 saturated heterocycles. The molecule has 1 unspecified atom stereocenters. The summed E-state index contributed by atoms with van der Waals surface area (Å²) in [6.45, 7) is 4.15. The van der Waals surface area contributed by atoms with Crippen LogP contribution in [-0.4, -0.2) is 10.9 Å². The first-order chi connectivity index (χ1) is 9.95. The zero-order chi connectivity index (χ0) is 15.4. The van der Waals surface area contributed by atoms with Crippen molar-refractivity contribution in [1.82, 2.24) is 4.98 Å². The highest BCUT2D eigenvalue weighted by atomic mass is 127. The second kappa shape index (κ2) is 7.04. The van der Waals surface area contributed by atoms with Crippen LogP contribution in [0.2, 0.25) is 0 Å². The van der Waals surface area contributed by atoms with Crippen molar-refractivity contribution >= 4 is 34.2 Å². The average molecular weight is 399 g/mol. The van der Waals surface area contributed by atoms with Gasteiger partial charge in [-0.1, -0.05) is 19.9 Å². The number of nitrogens with zero attached hydrogens (tertiary/aromatic N) is 1. The van der Waals surface area contributed by atoms with Crippen LogP contribution in [0.25, 0.3) is 0 Å². The van der Waals surface area contributed by atoms with Crippen molar-refractivity contribution in [2.45, 2.75) is 26.3 Å². The van der Waals surface area contributed by atoms with Gasteiger partial charge in [0.15, 0.2) is 5.69 Å². The van der Waals surface area contributed by atoms with Gasteiger partial charge < -0.3 is 15.5 Å². The van der Waals surface area contributed by atoms with E-state index in [9.17, 15) is 4.79 Å². The second-order valence-corrected chi connectivity index (χ2v) is 6.52. The van der Waals surface area contributed by atoms with Crippen LogP contribution in [0, 0.1) is 9.49 Å². The van der Waals surface area contributed by atoms with E-state index in [1.807, 2.05) is 24.3 Å². The lowest BCUT2D eigenvalue weighted by molar-refractivity contribution is 0.102. The van der Waals surface area contributed by atoms with Crippen molar-refractivity contribution in [2.75, 3.05) is 5.32 Å². The van der Waals surface area contributed by atoms with E-state index < -0.39 is 0 Å². The van der Waals surface area contributed by atoms with Crippen LogP contribution < -0.4 is 11.1 Å². The van der Waals surface area contributed by atoms with Gasteiger partial charge in [-0.3, -0.25) is 4.79 Å². The van der Waals surface area contributed by atoms with E-state index in [1.54, 1.807) is 0 Å². The molecule has 0 saturated carbocycles. The fraction of sp³-hybridized carbons (Fsp3) is 0.333. The normalized spacial score (nSPS) is 12.4. The topological polar surface area (TPSA) is 81.1 Å². The monoisotopic (exact) mass is 399 g/mol. The molecular formula is C15H18IN3O2. The van der Waals surface area contributed by atoms with Crippen LogP contribution in [-0.2, 0) is 0 Å².